The van der Waals surface area contributed by atoms with Crippen molar-refractivity contribution >= 4 is 24.2 Å². The number of carbonyl (C=O) groups is 2. The Balaban J connectivity index is 1.54. The standard InChI is InChI=1S/C23H28N4O2/c1-18-8-6-10-20(14-18)16-24-26-22(28)12-4-3-5-13-23(29)27-25-17-21-11-7-9-19(2)15-21/h6-11,14-17H,3-5,12-13H2,1-2H3,(H,26,28)(H,27,29). The maximum Gasteiger partial charge on any atom is 0.240 e. The maximum atomic E-state index is 11.8. The van der Waals surface area contributed by atoms with Crippen molar-refractivity contribution in [1.82, 2.24) is 10.9 Å². The Bertz CT molecular complexity index is 803. The molecule has 0 aliphatic carbocycles. The first-order valence-corrected chi connectivity index (χ1v) is 9.80. The smallest absolute Gasteiger partial charge is 0.240 e. The Kier molecular flexibility index (Phi) is 9.29. The number of nitrogens with zero attached hydrogens (tertiary/aromatic N) is 2. The fourth-order valence-corrected chi connectivity index (χ4v) is 2.72. The number of hydrogen-bond acceptors (Lipinski definition) is 4. The first kappa shape index (κ1) is 22.0. The van der Waals surface area contributed by atoms with Crippen LogP contribution in [0.25, 0.3) is 0 Å². The second-order valence-electron chi connectivity index (χ2n) is 6.98. The fraction of sp³-hybridized carbons (Fsp3) is 0.304. The summed E-state index contributed by atoms with van der Waals surface area (Å²) in [6.45, 7) is 4.01. The first-order chi connectivity index (χ1) is 14.0. The number of hydrazone groups is 2. The Hall–Kier alpha value is -3.28. The summed E-state index contributed by atoms with van der Waals surface area (Å²) in [5.41, 5.74) is 9.24. The normalized spacial score (nSPS) is 11.1. The van der Waals surface area contributed by atoms with Gasteiger partial charge >= 0.3 is 0 Å². The number of carbonyl (C=O) groups excluding carboxylic acids is 2. The maximum absolute atomic E-state index is 11.8. The Labute approximate surface area is 172 Å². The van der Waals surface area contributed by atoms with E-state index in [1.807, 2.05) is 62.4 Å². The molecular weight excluding hydrogens is 364 g/mol. The van der Waals surface area contributed by atoms with Crippen LogP contribution in [0.1, 0.15) is 54.4 Å². The molecule has 0 radical (unpaired) electrons. The van der Waals surface area contributed by atoms with Crippen molar-refractivity contribution < 1.29 is 9.59 Å². The second kappa shape index (κ2) is 12.2. The molecule has 0 saturated heterocycles. The van der Waals surface area contributed by atoms with Gasteiger partial charge in [0.05, 0.1) is 12.4 Å². The van der Waals surface area contributed by atoms with Gasteiger partial charge in [-0.05, 0) is 37.8 Å². The topological polar surface area (TPSA) is 82.9 Å². The highest BCUT2D eigenvalue weighted by Gasteiger charge is 2.02. The predicted molar refractivity (Wildman–Crippen MR) is 117 cm³/mol. The lowest BCUT2D eigenvalue weighted by Gasteiger charge is -2.02. The van der Waals surface area contributed by atoms with E-state index in [1.165, 1.54) is 0 Å². The van der Waals surface area contributed by atoms with Crippen LogP contribution in [-0.4, -0.2) is 24.2 Å². The van der Waals surface area contributed by atoms with Gasteiger partial charge in [0.2, 0.25) is 11.8 Å². The number of rotatable bonds is 10. The summed E-state index contributed by atoms with van der Waals surface area (Å²) < 4.78 is 0. The number of hydrogen-bond donors (Lipinski definition) is 2. The van der Waals surface area contributed by atoms with Gasteiger partial charge in [0.1, 0.15) is 0 Å². The first-order valence-electron chi connectivity index (χ1n) is 9.80. The van der Waals surface area contributed by atoms with Crippen molar-refractivity contribution in [3.63, 3.8) is 0 Å². The third kappa shape index (κ3) is 9.46. The van der Waals surface area contributed by atoms with Crippen LogP contribution in [0.2, 0.25) is 0 Å². The van der Waals surface area contributed by atoms with E-state index < -0.39 is 0 Å². The van der Waals surface area contributed by atoms with E-state index >= 15 is 0 Å². The number of nitrogens with one attached hydrogen (secondary N) is 2. The average Bonchev–Trinajstić information content (AvgIpc) is 2.68. The molecule has 2 N–H and O–H groups in total. The third-order valence-electron chi connectivity index (χ3n) is 4.20. The summed E-state index contributed by atoms with van der Waals surface area (Å²) in [5.74, 6) is -0.248. The van der Waals surface area contributed by atoms with Crippen molar-refractivity contribution in [3.05, 3.63) is 70.8 Å². The molecule has 2 rings (SSSR count). The van der Waals surface area contributed by atoms with Crippen LogP contribution in [0.4, 0.5) is 0 Å². The molecule has 0 aromatic heterocycles. The minimum absolute atomic E-state index is 0.124. The van der Waals surface area contributed by atoms with Gasteiger partial charge in [-0.25, -0.2) is 10.9 Å². The molecule has 29 heavy (non-hydrogen) atoms. The van der Waals surface area contributed by atoms with Crippen LogP contribution in [0.5, 0.6) is 0 Å². The third-order valence-corrected chi connectivity index (χ3v) is 4.20. The average molecular weight is 393 g/mol. The zero-order valence-corrected chi connectivity index (χ0v) is 17.0. The van der Waals surface area contributed by atoms with E-state index in [1.54, 1.807) is 12.4 Å². The van der Waals surface area contributed by atoms with Crippen LogP contribution in [0.3, 0.4) is 0 Å². The molecule has 2 aromatic rings. The van der Waals surface area contributed by atoms with Gasteiger partial charge in [0.15, 0.2) is 0 Å². The molecule has 0 fully saturated rings. The summed E-state index contributed by atoms with van der Waals surface area (Å²) in [5, 5.41) is 7.94. The van der Waals surface area contributed by atoms with E-state index in [-0.39, 0.29) is 11.8 Å². The lowest BCUT2D eigenvalue weighted by molar-refractivity contribution is -0.121. The molecule has 2 aromatic carbocycles. The molecular formula is C23H28N4O2. The van der Waals surface area contributed by atoms with Crippen molar-refractivity contribution in [2.75, 3.05) is 0 Å². The summed E-state index contributed by atoms with van der Waals surface area (Å²) >= 11 is 0. The van der Waals surface area contributed by atoms with Gasteiger partial charge in [-0.1, -0.05) is 66.1 Å². The molecule has 0 bridgehead atoms. The Morgan fingerprint density at radius 1 is 0.759 bits per heavy atom. The van der Waals surface area contributed by atoms with Crippen molar-refractivity contribution in [2.24, 2.45) is 10.2 Å². The monoisotopic (exact) mass is 392 g/mol. The van der Waals surface area contributed by atoms with Crippen molar-refractivity contribution in [2.45, 2.75) is 46.0 Å². The Morgan fingerprint density at radius 3 is 1.62 bits per heavy atom. The molecule has 6 heteroatoms. The van der Waals surface area contributed by atoms with Gasteiger partial charge in [0, 0.05) is 12.8 Å². The molecule has 0 saturated carbocycles. The molecule has 6 nitrogen and oxygen atoms in total. The summed E-state index contributed by atoms with van der Waals surface area (Å²) in [6.07, 6.45) is 6.26. The minimum atomic E-state index is -0.124. The lowest BCUT2D eigenvalue weighted by atomic mass is 10.1. The zero-order valence-electron chi connectivity index (χ0n) is 17.0. The number of benzene rings is 2. The van der Waals surface area contributed by atoms with Crippen LogP contribution < -0.4 is 10.9 Å². The summed E-state index contributed by atoms with van der Waals surface area (Å²) in [4.78, 5) is 23.5. The highest BCUT2D eigenvalue weighted by molar-refractivity contribution is 5.83. The highest BCUT2D eigenvalue weighted by Crippen LogP contribution is 2.04. The van der Waals surface area contributed by atoms with Crippen LogP contribution in [0, 0.1) is 13.8 Å². The predicted octanol–water partition coefficient (Wildman–Crippen LogP) is 3.85. The van der Waals surface area contributed by atoms with Crippen LogP contribution >= 0.6 is 0 Å². The molecule has 0 aliphatic rings. The fourth-order valence-electron chi connectivity index (χ4n) is 2.72. The molecule has 0 heterocycles. The number of amides is 2. The lowest BCUT2D eigenvalue weighted by Crippen LogP contribution is -2.18. The molecule has 0 spiro atoms. The van der Waals surface area contributed by atoms with Gasteiger partial charge in [0.25, 0.3) is 0 Å². The molecule has 0 atom stereocenters. The van der Waals surface area contributed by atoms with Crippen molar-refractivity contribution in [3.8, 4) is 0 Å². The summed E-state index contributed by atoms with van der Waals surface area (Å²) in [6, 6.07) is 15.7. The van der Waals surface area contributed by atoms with E-state index in [9.17, 15) is 9.59 Å². The van der Waals surface area contributed by atoms with E-state index in [0.29, 0.717) is 25.7 Å². The Morgan fingerprint density at radius 2 is 1.21 bits per heavy atom. The SMILES string of the molecule is Cc1cccc(C=NNC(=O)CCCCCC(=O)NN=Cc2cccc(C)c2)c1. The molecule has 0 unspecified atom stereocenters. The van der Waals surface area contributed by atoms with Gasteiger partial charge in [-0.2, -0.15) is 10.2 Å². The van der Waals surface area contributed by atoms with E-state index in [2.05, 4.69) is 21.1 Å². The van der Waals surface area contributed by atoms with Gasteiger partial charge in [-0.15, -0.1) is 0 Å². The van der Waals surface area contributed by atoms with E-state index in [0.717, 1.165) is 28.7 Å². The number of aryl methyl sites for hydroxylation is 2. The molecule has 0 aliphatic heterocycles. The van der Waals surface area contributed by atoms with E-state index in [4.69, 9.17) is 0 Å². The van der Waals surface area contributed by atoms with Crippen molar-refractivity contribution in [1.29, 1.82) is 0 Å². The quantitative estimate of drug-likeness (QED) is 0.366. The van der Waals surface area contributed by atoms with Gasteiger partial charge in [-0.3, -0.25) is 9.59 Å². The summed E-state index contributed by atoms with van der Waals surface area (Å²) in [7, 11) is 0. The molecule has 2 amide bonds. The van der Waals surface area contributed by atoms with Gasteiger partial charge < -0.3 is 0 Å². The largest absolute Gasteiger partial charge is 0.273 e. The zero-order chi connectivity index (χ0) is 20.9. The highest BCUT2D eigenvalue weighted by atomic mass is 16.2. The number of unbranched alkanes of at least 4 members (excludes halogenated alkanes) is 2. The molecule has 152 valence electrons. The van der Waals surface area contributed by atoms with Crippen LogP contribution in [0.15, 0.2) is 58.7 Å². The second-order valence-corrected chi connectivity index (χ2v) is 6.98. The van der Waals surface area contributed by atoms with Crippen LogP contribution in [-0.2, 0) is 9.59 Å². The minimum Gasteiger partial charge on any atom is -0.273 e.